The van der Waals surface area contributed by atoms with Gasteiger partial charge in [0.15, 0.2) is 0 Å². The number of benzene rings is 1. The van der Waals surface area contributed by atoms with E-state index in [1.165, 1.54) is 41.8 Å². The van der Waals surface area contributed by atoms with E-state index in [4.69, 9.17) is 9.72 Å². The van der Waals surface area contributed by atoms with Crippen molar-refractivity contribution in [2.75, 3.05) is 19.7 Å². The second-order valence-corrected chi connectivity index (χ2v) is 9.19. The van der Waals surface area contributed by atoms with Gasteiger partial charge in [-0.15, -0.1) is 0 Å². The Hall–Kier alpha value is -2.24. The highest BCUT2D eigenvalue weighted by molar-refractivity contribution is 5.75. The molecule has 172 valence electrons. The molecule has 0 radical (unpaired) electrons. The molecule has 1 aliphatic carbocycles. The number of hydrogen-bond donors (Lipinski definition) is 1. The average molecular weight is 437 g/mol. The summed E-state index contributed by atoms with van der Waals surface area (Å²) < 4.78 is 6.12. The van der Waals surface area contributed by atoms with E-state index in [9.17, 15) is 9.90 Å². The Balaban J connectivity index is 1.21. The zero-order valence-electron chi connectivity index (χ0n) is 19.3. The van der Waals surface area contributed by atoms with Gasteiger partial charge in [-0.1, -0.05) is 37.3 Å². The number of likely N-dealkylation sites (tertiary alicyclic amines) is 1. The van der Waals surface area contributed by atoms with Crippen molar-refractivity contribution < 1.29 is 14.6 Å². The fourth-order valence-electron chi connectivity index (χ4n) is 5.04. The Kier molecular flexibility index (Phi) is 7.93. The first kappa shape index (κ1) is 22.9. The lowest BCUT2D eigenvalue weighted by Gasteiger charge is -2.25. The van der Waals surface area contributed by atoms with Gasteiger partial charge in [0.25, 0.3) is 0 Å². The lowest BCUT2D eigenvalue weighted by molar-refractivity contribution is -0.143. The van der Waals surface area contributed by atoms with Crippen molar-refractivity contribution in [3.05, 3.63) is 64.5 Å². The molecular formula is C27H36N2O3. The van der Waals surface area contributed by atoms with Crippen LogP contribution in [0.5, 0.6) is 0 Å². The number of aliphatic carboxylic acids is 1. The Morgan fingerprint density at radius 2 is 2.09 bits per heavy atom. The Labute approximate surface area is 191 Å². The van der Waals surface area contributed by atoms with Crippen LogP contribution >= 0.6 is 0 Å². The smallest absolute Gasteiger partial charge is 0.325 e. The topological polar surface area (TPSA) is 62.7 Å². The molecule has 32 heavy (non-hydrogen) atoms. The van der Waals surface area contributed by atoms with Gasteiger partial charge >= 0.3 is 5.97 Å². The molecule has 5 nitrogen and oxygen atoms in total. The Morgan fingerprint density at radius 3 is 2.94 bits per heavy atom. The fourth-order valence-corrected chi connectivity index (χ4v) is 5.04. The van der Waals surface area contributed by atoms with Gasteiger partial charge in [-0.2, -0.15) is 0 Å². The summed E-state index contributed by atoms with van der Waals surface area (Å²) in [4.78, 5) is 19.0. The van der Waals surface area contributed by atoms with Crippen LogP contribution in [0, 0.1) is 0 Å². The Bertz CT molecular complexity index is 914. The normalized spacial score (nSPS) is 19.6. The van der Waals surface area contributed by atoms with Gasteiger partial charge in [0.05, 0.1) is 6.10 Å². The molecule has 1 fully saturated rings. The number of carboxylic acids is 1. The highest BCUT2D eigenvalue weighted by Gasteiger charge is 2.34. The van der Waals surface area contributed by atoms with E-state index < -0.39 is 12.0 Å². The number of aromatic nitrogens is 1. The molecule has 2 atom stereocenters. The predicted octanol–water partition coefficient (Wildman–Crippen LogP) is 4.76. The van der Waals surface area contributed by atoms with E-state index >= 15 is 0 Å². The number of aryl methyl sites for hydroxylation is 4. The van der Waals surface area contributed by atoms with E-state index in [1.807, 2.05) is 18.2 Å². The largest absolute Gasteiger partial charge is 0.480 e. The summed E-state index contributed by atoms with van der Waals surface area (Å²) in [5, 5.41) is 9.88. The van der Waals surface area contributed by atoms with E-state index in [1.54, 1.807) is 0 Å². The van der Waals surface area contributed by atoms with Crippen LogP contribution in [0.1, 0.15) is 73.1 Å². The van der Waals surface area contributed by atoms with Crippen LogP contribution in [0.3, 0.4) is 0 Å². The highest BCUT2D eigenvalue weighted by atomic mass is 16.5. The molecule has 5 heteroatoms. The Morgan fingerprint density at radius 1 is 1.22 bits per heavy atom. The third kappa shape index (κ3) is 5.76. The van der Waals surface area contributed by atoms with Crippen molar-refractivity contribution in [2.24, 2.45) is 0 Å². The predicted molar refractivity (Wildman–Crippen MR) is 126 cm³/mol. The third-order valence-electron chi connectivity index (χ3n) is 6.87. The van der Waals surface area contributed by atoms with E-state index in [0.717, 1.165) is 57.2 Å². The van der Waals surface area contributed by atoms with Gasteiger partial charge in [0.2, 0.25) is 0 Å². The fraction of sp³-hybridized carbons (Fsp3) is 0.556. The van der Waals surface area contributed by atoms with Crippen molar-refractivity contribution in [3.63, 3.8) is 0 Å². The average Bonchev–Trinajstić information content (AvgIpc) is 3.27. The van der Waals surface area contributed by atoms with Crippen molar-refractivity contribution >= 4 is 5.97 Å². The van der Waals surface area contributed by atoms with Crippen LogP contribution in [0.2, 0.25) is 0 Å². The van der Waals surface area contributed by atoms with Crippen LogP contribution in [0.25, 0.3) is 0 Å². The summed E-state index contributed by atoms with van der Waals surface area (Å²) in [5.74, 6) is -0.781. The van der Waals surface area contributed by atoms with Crippen LogP contribution in [0.4, 0.5) is 0 Å². The first-order chi connectivity index (χ1) is 15.6. The minimum absolute atomic E-state index is 0.119. The van der Waals surface area contributed by atoms with Gasteiger partial charge in [-0.3, -0.25) is 14.7 Å². The molecule has 1 N–H and O–H groups in total. The van der Waals surface area contributed by atoms with Crippen LogP contribution < -0.4 is 0 Å². The number of carbonyl (C=O) groups is 1. The molecule has 2 aromatic rings. The number of unbranched alkanes of at least 4 members (excludes halogenated alkanes) is 1. The molecule has 1 saturated heterocycles. The van der Waals surface area contributed by atoms with Gasteiger partial charge in [0, 0.05) is 31.1 Å². The maximum atomic E-state index is 12.0. The molecule has 0 saturated carbocycles. The minimum Gasteiger partial charge on any atom is -0.480 e. The number of pyridine rings is 1. The first-order valence-corrected chi connectivity index (χ1v) is 12.3. The number of fused-ring (bicyclic) bond motifs is 1. The van der Waals surface area contributed by atoms with Crippen LogP contribution in [-0.4, -0.2) is 46.8 Å². The number of ether oxygens (including phenoxy) is 1. The van der Waals surface area contributed by atoms with Crippen molar-refractivity contribution in [1.29, 1.82) is 0 Å². The summed E-state index contributed by atoms with van der Waals surface area (Å²) in [5.41, 5.74) is 6.00. The van der Waals surface area contributed by atoms with E-state index in [-0.39, 0.29) is 6.10 Å². The molecule has 2 aliphatic rings. The second kappa shape index (κ2) is 11.1. The van der Waals surface area contributed by atoms with Crippen molar-refractivity contribution in [1.82, 2.24) is 9.88 Å². The van der Waals surface area contributed by atoms with E-state index in [2.05, 4.69) is 30.0 Å². The minimum atomic E-state index is -0.781. The summed E-state index contributed by atoms with van der Waals surface area (Å²) in [6.07, 6.45) is 9.88. The van der Waals surface area contributed by atoms with Crippen LogP contribution in [0.15, 0.2) is 36.4 Å². The summed E-state index contributed by atoms with van der Waals surface area (Å²) in [6, 6.07) is 11.9. The second-order valence-electron chi connectivity index (χ2n) is 9.19. The van der Waals surface area contributed by atoms with Crippen molar-refractivity contribution in [3.8, 4) is 0 Å². The molecule has 0 spiro atoms. The van der Waals surface area contributed by atoms with Gasteiger partial charge in [-0.05, 0) is 80.5 Å². The number of hydrogen-bond acceptors (Lipinski definition) is 4. The molecule has 4 rings (SSSR count). The zero-order valence-corrected chi connectivity index (χ0v) is 19.3. The first-order valence-electron chi connectivity index (χ1n) is 12.3. The number of carboxylic acid groups (broad SMARTS) is 1. The number of rotatable bonds is 10. The molecule has 1 aromatic heterocycles. The third-order valence-corrected chi connectivity index (χ3v) is 6.87. The van der Waals surface area contributed by atoms with Gasteiger partial charge < -0.3 is 9.84 Å². The maximum absolute atomic E-state index is 12.0. The van der Waals surface area contributed by atoms with E-state index in [0.29, 0.717) is 6.54 Å². The molecule has 1 unspecified atom stereocenters. The SMILES string of the molecule is CCc1cccc(C(C(=O)O)N2CC[C@@H](OCCCCc3ccc4c(n3)CCCC4)C2)c1. The highest BCUT2D eigenvalue weighted by Crippen LogP contribution is 2.27. The molecule has 1 aromatic carbocycles. The molecular weight excluding hydrogens is 400 g/mol. The van der Waals surface area contributed by atoms with Gasteiger partial charge in [-0.25, -0.2) is 0 Å². The molecule has 1 aliphatic heterocycles. The standard InChI is InChI=1S/C27H36N2O3/c1-2-20-8-7-10-22(18-20)26(27(30)31)29-16-15-24(19-29)32-17-6-5-11-23-14-13-21-9-3-4-12-25(21)28-23/h7-8,10,13-14,18,24,26H,2-6,9,11-12,15-17,19H2,1H3,(H,30,31)/t24-,26?/m1/s1. The number of nitrogens with zero attached hydrogens (tertiary/aromatic N) is 2. The van der Waals surface area contributed by atoms with Crippen LogP contribution in [-0.2, 0) is 35.2 Å². The summed E-state index contributed by atoms with van der Waals surface area (Å²) >= 11 is 0. The molecule has 0 amide bonds. The van der Waals surface area contributed by atoms with Crippen molar-refractivity contribution in [2.45, 2.75) is 76.9 Å². The maximum Gasteiger partial charge on any atom is 0.325 e. The lowest BCUT2D eigenvalue weighted by Crippen LogP contribution is -2.33. The summed E-state index contributed by atoms with van der Waals surface area (Å²) in [7, 11) is 0. The lowest BCUT2D eigenvalue weighted by atomic mass is 9.95. The summed E-state index contributed by atoms with van der Waals surface area (Å²) in [6.45, 7) is 4.26. The zero-order chi connectivity index (χ0) is 22.3. The molecule has 0 bridgehead atoms. The quantitative estimate of drug-likeness (QED) is 0.544. The molecule has 2 heterocycles. The van der Waals surface area contributed by atoms with Gasteiger partial charge in [0.1, 0.15) is 6.04 Å². The monoisotopic (exact) mass is 436 g/mol.